The predicted molar refractivity (Wildman–Crippen MR) is 82.5 cm³/mol. The second kappa shape index (κ2) is 7.18. The lowest BCUT2D eigenvalue weighted by Crippen LogP contribution is -2.39. The number of halogens is 1. The first-order valence-electron chi connectivity index (χ1n) is 7.91. The Morgan fingerprint density at radius 2 is 2.35 bits per heavy atom. The summed E-state index contributed by atoms with van der Waals surface area (Å²) in [5, 5.41) is 3.91. The highest BCUT2D eigenvalue weighted by molar-refractivity contribution is 4.92. The molecule has 0 N–H and O–H groups in total. The molecule has 3 rings (SSSR count). The van der Waals surface area contributed by atoms with Gasteiger partial charge in [0.1, 0.15) is 6.17 Å². The Labute approximate surface area is 135 Å². The number of imidazole rings is 1. The molecule has 0 bridgehead atoms. The number of nitrogens with zero attached hydrogens (tertiary/aromatic N) is 6. The van der Waals surface area contributed by atoms with Crippen molar-refractivity contribution in [2.45, 2.75) is 38.6 Å². The Morgan fingerprint density at radius 1 is 1.48 bits per heavy atom. The number of hydrogen-bond donors (Lipinski definition) is 0. The van der Waals surface area contributed by atoms with Gasteiger partial charge >= 0.3 is 0 Å². The molecular formula is C15H23FN6O. The van der Waals surface area contributed by atoms with Crippen LogP contribution in [-0.2, 0) is 13.1 Å². The second-order valence-corrected chi connectivity index (χ2v) is 6.21. The number of hydrogen-bond acceptors (Lipinski definition) is 6. The minimum absolute atomic E-state index is 0.177. The van der Waals surface area contributed by atoms with Crippen LogP contribution in [0.25, 0.3) is 0 Å². The lowest BCUT2D eigenvalue weighted by atomic mass is 10.2. The standard InChI is InChI=1S/C15H23FN6O/c1-12-18-15(19-23-12)10-22-8-13(16)7-14(22)9-20(2)5-6-21-4-3-17-11-21/h3-4,11,13-14H,5-10H2,1-2H3/t13-,14-/m0/s1. The van der Waals surface area contributed by atoms with Crippen LogP contribution in [-0.4, -0.2) is 68.4 Å². The Morgan fingerprint density at radius 3 is 3.04 bits per heavy atom. The maximum Gasteiger partial charge on any atom is 0.223 e. The van der Waals surface area contributed by atoms with Crippen LogP contribution in [0.5, 0.6) is 0 Å². The molecule has 8 heteroatoms. The molecule has 7 nitrogen and oxygen atoms in total. The molecule has 126 valence electrons. The third-order valence-electron chi connectivity index (χ3n) is 4.21. The third kappa shape index (κ3) is 4.35. The lowest BCUT2D eigenvalue weighted by Gasteiger charge is -2.27. The number of alkyl halides is 1. The van der Waals surface area contributed by atoms with E-state index in [-0.39, 0.29) is 6.04 Å². The van der Waals surface area contributed by atoms with E-state index in [9.17, 15) is 4.39 Å². The molecule has 0 saturated carbocycles. The van der Waals surface area contributed by atoms with Crippen molar-refractivity contribution in [2.75, 3.05) is 26.7 Å². The molecule has 0 unspecified atom stereocenters. The van der Waals surface area contributed by atoms with Gasteiger partial charge in [-0.2, -0.15) is 4.98 Å². The molecule has 2 aromatic heterocycles. The van der Waals surface area contributed by atoms with Crippen molar-refractivity contribution in [3.8, 4) is 0 Å². The van der Waals surface area contributed by atoms with Crippen LogP contribution < -0.4 is 0 Å². The first-order valence-corrected chi connectivity index (χ1v) is 7.91. The van der Waals surface area contributed by atoms with E-state index < -0.39 is 6.17 Å². The van der Waals surface area contributed by atoms with Gasteiger partial charge in [0.2, 0.25) is 5.89 Å². The molecule has 2 aromatic rings. The number of likely N-dealkylation sites (tertiary alicyclic amines) is 1. The van der Waals surface area contributed by atoms with E-state index in [0.717, 1.165) is 19.6 Å². The highest BCUT2D eigenvalue weighted by Gasteiger charge is 2.33. The SMILES string of the molecule is Cc1nc(CN2C[C@@H](F)C[C@H]2CN(C)CCn2ccnc2)no1. The predicted octanol–water partition coefficient (Wildman–Crippen LogP) is 1.12. The third-order valence-corrected chi connectivity index (χ3v) is 4.21. The summed E-state index contributed by atoms with van der Waals surface area (Å²) in [6, 6.07) is 0.177. The topological polar surface area (TPSA) is 63.2 Å². The minimum atomic E-state index is -0.782. The largest absolute Gasteiger partial charge is 0.340 e. The molecule has 0 spiro atoms. The quantitative estimate of drug-likeness (QED) is 0.761. The molecule has 1 aliphatic heterocycles. The molecular weight excluding hydrogens is 299 g/mol. The summed E-state index contributed by atoms with van der Waals surface area (Å²) in [4.78, 5) is 12.6. The number of rotatable bonds is 7. The zero-order chi connectivity index (χ0) is 16.2. The minimum Gasteiger partial charge on any atom is -0.340 e. The zero-order valence-electron chi connectivity index (χ0n) is 13.6. The van der Waals surface area contributed by atoms with Gasteiger partial charge < -0.3 is 14.0 Å². The summed E-state index contributed by atoms with van der Waals surface area (Å²) in [6.07, 6.45) is 5.32. The summed E-state index contributed by atoms with van der Waals surface area (Å²) in [5.41, 5.74) is 0. The van der Waals surface area contributed by atoms with Crippen molar-refractivity contribution in [3.05, 3.63) is 30.4 Å². The van der Waals surface area contributed by atoms with Crippen LogP contribution in [0.15, 0.2) is 23.2 Å². The summed E-state index contributed by atoms with van der Waals surface area (Å²) < 4.78 is 20.9. The fourth-order valence-corrected chi connectivity index (χ4v) is 3.05. The maximum absolute atomic E-state index is 13.9. The van der Waals surface area contributed by atoms with Crippen LogP contribution >= 0.6 is 0 Å². The molecule has 1 aliphatic rings. The van der Waals surface area contributed by atoms with Gasteiger partial charge in [-0.05, 0) is 13.5 Å². The molecule has 1 fully saturated rings. The van der Waals surface area contributed by atoms with E-state index >= 15 is 0 Å². The Kier molecular flexibility index (Phi) is 5.02. The molecule has 23 heavy (non-hydrogen) atoms. The molecule has 0 aromatic carbocycles. The zero-order valence-corrected chi connectivity index (χ0v) is 13.6. The van der Waals surface area contributed by atoms with Crippen LogP contribution in [0.3, 0.4) is 0 Å². The average Bonchev–Trinajstić information content (AvgIpc) is 3.21. The highest BCUT2D eigenvalue weighted by atomic mass is 19.1. The van der Waals surface area contributed by atoms with Gasteiger partial charge in [0.25, 0.3) is 0 Å². The smallest absolute Gasteiger partial charge is 0.223 e. The summed E-state index contributed by atoms with van der Waals surface area (Å²) in [6.45, 7) is 5.35. The first kappa shape index (κ1) is 16.1. The van der Waals surface area contributed by atoms with Crippen molar-refractivity contribution in [3.63, 3.8) is 0 Å². The molecule has 1 saturated heterocycles. The van der Waals surface area contributed by atoms with Crippen molar-refractivity contribution in [2.24, 2.45) is 0 Å². The van der Waals surface area contributed by atoms with Gasteiger partial charge in [0.15, 0.2) is 5.82 Å². The van der Waals surface area contributed by atoms with Gasteiger partial charge in [0, 0.05) is 51.5 Å². The molecule has 2 atom stereocenters. The molecule has 0 amide bonds. The van der Waals surface area contributed by atoms with Crippen LogP contribution in [0, 0.1) is 6.92 Å². The van der Waals surface area contributed by atoms with Crippen LogP contribution in [0.1, 0.15) is 18.1 Å². The first-order chi connectivity index (χ1) is 11.1. The van der Waals surface area contributed by atoms with Gasteiger partial charge in [-0.15, -0.1) is 0 Å². The Bertz CT molecular complexity index is 601. The van der Waals surface area contributed by atoms with E-state index in [1.54, 1.807) is 13.1 Å². The van der Waals surface area contributed by atoms with Crippen molar-refractivity contribution < 1.29 is 8.91 Å². The van der Waals surface area contributed by atoms with Crippen LogP contribution in [0.2, 0.25) is 0 Å². The van der Waals surface area contributed by atoms with Gasteiger partial charge in [-0.3, -0.25) is 4.90 Å². The normalized spacial score (nSPS) is 22.3. The Hall–Kier alpha value is -1.80. The van der Waals surface area contributed by atoms with Crippen molar-refractivity contribution in [1.29, 1.82) is 0 Å². The van der Waals surface area contributed by atoms with Gasteiger partial charge in [-0.1, -0.05) is 5.16 Å². The van der Waals surface area contributed by atoms with E-state index in [0.29, 0.717) is 31.2 Å². The monoisotopic (exact) mass is 322 g/mol. The van der Waals surface area contributed by atoms with E-state index in [2.05, 4.69) is 32.0 Å². The molecule has 0 aliphatic carbocycles. The van der Waals surface area contributed by atoms with Gasteiger partial charge in [-0.25, -0.2) is 9.37 Å². The van der Waals surface area contributed by atoms with E-state index in [1.807, 2.05) is 17.1 Å². The van der Waals surface area contributed by atoms with Crippen molar-refractivity contribution in [1.82, 2.24) is 29.5 Å². The molecule has 3 heterocycles. The Balaban J connectivity index is 1.52. The summed E-state index contributed by atoms with van der Waals surface area (Å²) in [7, 11) is 2.07. The van der Waals surface area contributed by atoms with Crippen molar-refractivity contribution >= 4 is 0 Å². The average molecular weight is 322 g/mol. The van der Waals surface area contributed by atoms with Crippen LogP contribution in [0.4, 0.5) is 4.39 Å². The number of aryl methyl sites for hydroxylation is 1. The number of likely N-dealkylation sites (N-methyl/N-ethyl adjacent to an activating group) is 1. The molecule has 0 radical (unpaired) electrons. The lowest BCUT2D eigenvalue weighted by molar-refractivity contribution is 0.176. The number of aromatic nitrogens is 4. The fraction of sp³-hybridized carbons (Fsp3) is 0.667. The van der Waals surface area contributed by atoms with E-state index in [1.165, 1.54) is 0 Å². The second-order valence-electron chi connectivity index (χ2n) is 6.21. The fourth-order valence-electron chi connectivity index (χ4n) is 3.05. The van der Waals surface area contributed by atoms with Gasteiger partial charge in [0.05, 0.1) is 12.9 Å². The maximum atomic E-state index is 13.9. The summed E-state index contributed by atoms with van der Waals surface area (Å²) >= 11 is 0. The highest BCUT2D eigenvalue weighted by Crippen LogP contribution is 2.22. The summed E-state index contributed by atoms with van der Waals surface area (Å²) in [5.74, 6) is 1.17. The van der Waals surface area contributed by atoms with E-state index in [4.69, 9.17) is 4.52 Å².